The number of fused-ring (bicyclic) bond motifs is 1. The zero-order chi connectivity index (χ0) is 23.5. The van der Waals surface area contributed by atoms with Crippen molar-refractivity contribution in [2.24, 2.45) is 0 Å². The van der Waals surface area contributed by atoms with Crippen molar-refractivity contribution in [2.45, 2.75) is 58.1 Å². The second kappa shape index (κ2) is 10.9. The lowest BCUT2D eigenvalue weighted by Gasteiger charge is -2.22. The molecule has 1 fully saturated rings. The number of rotatable bonds is 6. The van der Waals surface area contributed by atoms with Crippen LogP contribution in [0.15, 0.2) is 79.0 Å². The van der Waals surface area contributed by atoms with Gasteiger partial charge in [-0.3, -0.25) is 0 Å². The average Bonchev–Trinajstić information content (AvgIpc) is 3.21. The SMILES string of the molecule is CC(C)(C)c1ccc(Cn2cc(C3CCNCC3)c3ccc(OCc4ccccc4)cc32)cc1.Cl. The fourth-order valence-electron chi connectivity index (χ4n) is 5.03. The molecular formula is C31H37ClN2O. The number of halogens is 1. The predicted octanol–water partition coefficient (Wildman–Crippen LogP) is 7.45. The Kier molecular flexibility index (Phi) is 7.88. The molecule has 4 aromatic rings. The quantitative estimate of drug-likeness (QED) is 0.305. The Labute approximate surface area is 215 Å². The second-order valence-electron chi connectivity index (χ2n) is 10.6. The number of hydrogen-bond acceptors (Lipinski definition) is 2. The second-order valence-corrected chi connectivity index (χ2v) is 10.6. The number of nitrogens with one attached hydrogen (secondary N) is 1. The van der Waals surface area contributed by atoms with Crippen molar-refractivity contribution >= 4 is 23.3 Å². The number of aromatic nitrogens is 1. The van der Waals surface area contributed by atoms with E-state index in [0.717, 1.165) is 25.4 Å². The van der Waals surface area contributed by atoms with Crippen molar-refractivity contribution in [3.63, 3.8) is 0 Å². The van der Waals surface area contributed by atoms with Gasteiger partial charge in [0.25, 0.3) is 0 Å². The first-order valence-corrected chi connectivity index (χ1v) is 12.6. The molecule has 2 heterocycles. The summed E-state index contributed by atoms with van der Waals surface area (Å²) in [6, 6.07) is 26.1. The largest absolute Gasteiger partial charge is 0.489 e. The van der Waals surface area contributed by atoms with Crippen molar-refractivity contribution in [3.05, 3.63) is 101 Å². The molecule has 1 N–H and O–H groups in total. The summed E-state index contributed by atoms with van der Waals surface area (Å²) >= 11 is 0. The van der Waals surface area contributed by atoms with E-state index in [0.29, 0.717) is 12.5 Å². The number of hydrogen-bond donors (Lipinski definition) is 1. The molecule has 0 radical (unpaired) electrons. The van der Waals surface area contributed by atoms with E-state index < -0.39 is 0 Å². The maximum absolute atomic E-state index is 6.19. The molecule has 0 saturated carbocycles. The van der Waals surface area contributed by atoms with Gasteiger partial charge in [-0.15, -0.1) is 12.4 Å². The van der Waals surface area contributed by atoms with Crippen LogP contribution in [0.25, 0.3) is 10.9 Å². The fourth-order valence-corrected chi connectivity index (χ4v) is 5.03. The number of ether oxygens (including phenoxy) is 1. The summed E-state index contributed by atoms with van der Waals surface area (Å²) in [6.07, 6.45) is 4.80. The van der Waals surface area contributed by atoms with Crippen LogP contribution in [0.3, 0.4) is 0 Å². The van der Waals surface area contributed by atoms with E-state index in [-0.39, 0.29) is 17.8 Å². The zero-order valence-corrected chi connectivity index (χ0v) is 21.9. The van der Waals surface area contributed by atoms with E-state index in [1.807, 2.05) is 6.07 Å². The van der Waals surface area contributed by atoms with E-state index in [9.17, 15) is 0 Å². The summed E-state index contributed by atoms with van der Waals surface area (Å²) in [6.45, 7) is 10.5. The normalized spacial score (nSPS) is 14.6. The third-order valence-electron chi connectivity index (χ3n) is 7.08. The Bertz CT molecular complexity index is 1230. The highest BCUT2D eigenvalue weighted by Gasteiger charge is 2.21. The first-order chi connectivity index (χ1) is 16.5. The van der Waals surface area contributed by atoms with Crippen molar-refractivity contribution in [2.75, 3.05) is 13.1 Å². The Morgan fingerprint density at radius 2 is 1.60 bits per heavy atom. The highest BCUT2D eigenvalue weighted by Crippen LogP contribution is 2.35. The van der Waals surface area contributed by atoms with Gasteiger partial charge in [-0.1, -0.05) is 75.4 Å². The van der Waals surface area contributed by atoms with Crippen LogP contribution in [0.4, 0.5) is 0 Å². The molecule has 0 atom stereocenters. The highest BCUT2D eigenvalue weighted by molar-refractivity contribution is 5.86. The molecule has 4 heteroatoms. The van der Waals surface area contributed by atoms with Crippen molar-refractivity contribution in [1.82, 2.24) is 9.88 Å². The number of benzene rings is 3. The summed E-state index contributed by atoms with van der Waals surface area (Å²) in [7, 11) is 0. The van der Waals surface area contributed by atoms with E-state index >= 15 is 0 Å². The van der Waals surface area contributed by atoms with E-state index in [1.165, 1.54) is 46.0 Å². The van der Waals surface area contributed by atoms with Gasteiger partial charge in [0.05, 0.1) is 5.52 Å². The molecule has 1 aliphatic rings. The molecule has 184 valence electrons. The van der Waals surface area contributed by atoms with Crippen molar-refractivity contribution in [1.29, 1.82) is 0 Å². The molecule has 3 nitrogen and oxygen atoms in total. The standard InChI is InChI=1S/C31H36N2O.ClH/c1-31(2,3)26-11-9-23(10-12-26)20-33-21-29(25-15-17-32-18-16-25)28-14-13-27(19-30(28)33)34-22-24-7-5-4-6-8-24;/h4-14,19,21,25,32H,15-18,20,22H2,1-3H3;1H. The van der Waals surface area contributed by atoms with Crippen LogP contribution < -0.4 is 10.1 Å². The van der Waals surface area contributed by atoms with Crippen LogP contribution in [-0.2, 0) is 18.6 Å². The summed E-state index contributed by atoms with van der Waals surface area (Å²) in [5.74, 6) is 1.54. The van der Waals surface area contributed by atoms with Gasteiger partial charge in [0.2, 0.25) is 0 Å². The molecule has 5 rings (SSSR count). The summed E-state index contributed by atoms with van der Waals surface area (Å²) in [5.41, 5.74) is 6.81. The van der Waals surface area contributed by atoms with Crippen LogP contribution in [0.2, 0.25) is 0 Å². The van der Waals surface area contributed by atoms with Gasteiger partial charge in [-0.05, 0) is 71.7 Å². The first-order valence-electron chi connectivity index (χ1n) is 12.6. The van der Waals surface area contributed by atoms with Gasteiger partial charge in [-0.2, -0.15) is 0 Å². The number of piperidine rings is 1. The Hall–Kier alpha value is -2.75. The predicted molar refractivity (Wildman–Crippen MR) is 149 cm³/mol. The Morgan fingerprint density at radius 3 is 2.29 bits per heavy atom. The first kappa shape index (κ1) is 25.3. The monoisotopic (exact) mass is 488 g/mol. The van der Waals surface area contributed by atoms with Crippen LogP contribution in [0, 0.1) is 0 Å². The topological polar surface area (TPSA) is 26.2 Å². The Morgan fingerprint density at radius 1 is 0.886 bits per heavy atom. The lowest BCUT2D eigenvalue weighted by Crippen LogP contribution is -2.26. The van der Waals surface area contributed by atoms with Gasteiger partial charge < -0.3 is 14.6 Å². The maximum Gasteiger partial charge on any atom is 0.121 e. The number of nitrogens with zero attached hydrogens (tertiary/aromatic N) is 1. The fraction of sp³-hybridized carbons (Fsp3) is 0.355. The molecule has 35 heavy (non-hydrogen) atoms. The van der Waals surface area contributed by atoms with E-state index in [2.05, 4.69) is 104 Å². The maximum atomic E-state index is 6.19. The summed E-state index contributed by atoms with van der Waals surface area (Å²) in [5, 5.41) is 4.88. The lowest BCUT2D eigenvalue weighted by molar-refractivity contribution is 0.306. The average molecular weight is 489 g/mol. The minimum absolute atomic E-state index is 0. The third kappa shape index (κ3) is 5.91. The van der Waals surface area contributed by atoms with Gasteiger partial charge in [0.1, 0.15) is 12.4 Å². The summed E-state index contributed by atoms with van der Waals surface area (Å²) < 4.78 is 8.61. The van der Waals surface area contributed by atoms with Gasteiger partial charge in [0.15, 0.2) is 0 Å². The molecule has 0 amide bonds. The summed E-state index contributed by atoms with van der Waals surface area (Å²) in [4.78, 5) is 0. The lowest BCUT2D eigenvalue weighted by atomic mass is 9.87. The van der Waals surface area contributed by atoms with E-state index in [4.69, 9.17) is 4.74 Å². The smallest absolute Gasteiger partial charge is 0.121 e. The van der Waals surface area contributed by atoms with Crippen LogP contribution in [0.5, 0.6) is 5.75 Å². The molecule has 0 spiro atoms. The van der Waals surface area contributed by atoms with Gasteiger partial charge >= 0.3 is 0 Å². The molecule has 0 aliphatic carbocycles. The highest BCUT2D eigenvalue weighted by atomic mass is 35.5. The zero-order valence-electron chi connectivity index (χ0n) is 21.1. The van der Waals surface area contributed by atoms with Crippen LogP contribution in [0.1, 0.15) is 61.8 Å². The van der Waals surface area contributed by atoms with E-state index in [1.54, 1.807) is 0 Å². The van der Waals surface area contributed by atoms with Crippen molar-refractivity contribution in [3.8, 4) is 5.75 Å². The molecule has 1 saturated heterocycles. The molecule has 1 aliphatic heterocycles. The van der Waals surface area contributed by atoms with Crippen LogP contribution >= 0.6 is 12.4 Å². The molecule has 1 aromatic heterocycles. The van der Waals surface area contributed by atoms with Crippen LogP contribution in [-0.4, -0.2) is 17.7 Å². The minimum atomic E-state index is 0. The molecule has 0 bridgehead atoms. The third-order valence-corrected chi connectivity index (χ3v) is 7.08. The van der Waals surface area contributed by atoms with Gasteiger partial charge in [-0.25, -0.2) is 0 Å². The minimum Gasteiger partial charge on any atom is -0.489 e. The molecular weight excluding hydrogens is 452 g/mol. The van der Waals surface area contributed by atoms with Gasteiger partial charge in [0, 0.05) is 24.2 Å². The Balaban J connectivity index is 0.00000289. The molecule has 0 unspecified atom stereocenters. The molecule has 3 aromatic carbocycles. The van der Waals surface area contributed by atoms with Crippen molar-refractivity contribution < 1.29 is 4.74 Å².